The zero-order valence-electron chi connectivity index (χ0n) is 32.9. The summed E-state index contributed by atoms with van der Waals surface area (Å²) in [6.45, 7) is 19.1. The molecule has 5 saturated carbocycles. The van der Waals surface area contributed by atoms with Crippen molar-refractivity contribution >= 4 is 23.9 Å². The van der Waals surface area contributed by atoms with Gasteiger partial charge in [-0.25, -0.2) is 19.2 Å². The minimum absolute atomic E-state index is 0.0336. The van der Waals surface area contributed by atoms with E-state index >= 15 is 0 Å². The molecule has 54 heavy (non-hydrogen) atoms. The topological polar surface area (TPSA) is 127 Å². The first-order chi connectivity index (χ1) is 25.4. The molecule has 8 heteroatoms. The molecule has 0 unspecified atom stereocenters. The summed E-state index contributed by atoms with van der Waals surface area (Å²) in [6, 6.07) is 12.6. The van der Waals surface area contributed by atoms with Crippen LogP contribution in [0.5, 0.6) is 0 Å². The van der Waals surface area contributed by atoms with Crippen molar-refractivity contribution in [2.24, 2.45) is 56.7 Å². The van der Waals surface area contributed by atoms with Crippen molar-refractivity contribution in [3.63, 3.8) is 0 Å². The van der Waals surface area contributed by atoms with Crippen molar-refractivity contribution in [2.75, 3.05) is 6.61 Å². The molecule has 0 spiro atoms. The Morgan fingerprint density at radius 3 is 1.87 bits per heavy atom. The zero-order chi connectivity index (χ0) is 39.0. The second-order valence-corrected chi connectivity index (χ2v) is 19.1. The summed E-state index contributed by atoms with van der Waals surface area (Å²) < 4.78 is 12.4. The van der Waals surface area contributed by atoms with Crippen molar-refractivity contribution < 1.29 is 38.9 Å². The third-order valence-electron chi connectivity index (χ3n) is 16.7. The predicted octanol–water partition coefficient (Wildman–Crippen LogP) is 10.1. The SMILES string of the molecule is C=C(C)[C@@H]1CC[C@]2(COC(=O)c3ccccc3C(=O)O)CC[C@@]3(C)[C@H](CC[C@@H]4[C@@]5(C)CC[C@H](OC(=O)c6ccccc6C(=O)O)C(C)(C)[C@H]5CC[C@]43C)[C@@H]12. The molecule has 0 aromatic heterocycles. The second kappa shape index (κ2) is 13.4. The largest absolute Gasteiger partial charge is 0.478 e. The molecule has 5 aliphatic rings. The maximum atomic E-state index is 13.5. The summed E-state index contributed by atoms with van der Waals surface area (Å²) in [7, 11) is 0. The van der Waals surface area contributed by atoms with Crippen LogP contribution in [0, 0.1) is 56.7 Å². The van der Waals surface area contributed by atoms with Crippen LogP contribution in [0.15, 0.2) is 60.7 Å². The average molecular weight is 739 g/mol. The van der Waals surface area contributed by atoms with Crippen molar-refractivity contribution in [3.8, 4) is 0 Å². The molecular formula is C46H58O8. The van der Waals surface area contributed by atoms with Crippen molar-refractivity contribution in [1.82, 2.24) is 0 Å². The number of hydrogen-bond acceptors (Lipinski definition) is 6. The number of carbonyl (C=O) groups excluding carboxylic acids is 2. The maximum absolute atomic E-state index is 13.5. The molecule has 8 nitrogen and oxygen atoms in total. The second-order valence-electron chi connectivity index (χ2n) is 19.1. The molecule has 0 saturated heterocycles. The van der Waals surface area contributed by atoms with E-state index in [1.807, 2.05) is 0 Å². The number of hydrogen-bond donors (Lipinski definition) is 2. The van der Waals surface area contributed by atoms with Crippen LogP contribution in [-0.4, -0.2) is 46.8 Å². The number of carboxylic acids is 2. The fourth-order valence-corrected chi connectivity index (χ4v) is 13.9. The number of carbonyl (C=O) groups is 4. The van der Waals surface area contributed by atoms with E-state index in [0.717, 1.165) is 64.2 Å². The quantitative estimate of drug-likeness (QED) is 0.202. The monoisotopic (exact) mass is 738 g/mol. The molecule has 2 N–H and O–H groups in total. The average Bonchev–Trinajstić information content (AvgIpc) is 3.52. The van der Waals surface area contributed by atoms with Crippen LogP contribution in [-0.2, 0) is 9.47 Å². The zero-order valence-corrected chi connectivity index (χ0v) is 32.9. The number of esters is 2. The van der Waals surface area contributed by atoms with Gasteiger partial charge in [0.05, 0.1) is 28.9 Å². The third-order valence-corrected chi connectivity index (χ3v) is 16.7. The van der Waals surface area contributed by atoms with Crippen LogP contribution in [0.4, 0.5) is 0 Å². The molecule has 0 aliphatic heterocycles. The van der Waals surface area contributed by atoms with Crippen LogP contribution in [0.2, 0.25) is 0 Å². The van der Waals surface area contributed by atoms with Gasteiger partial charge in [0.2, 0.25) is 0 Å². The summed E-state index contributed by atoms with van der Waals surface area (Å²) in [5.74, 6) is -1.43. The molecule has 0 heterocycles. The van der Waals surface area contributed by atoms with Gasteiger partial charge in [0.25, 0.3) is 0 Å². The Bertz CT molecular complexity index is 1880. The third kappa shape index (κ3) is 5.67. The summed E-state index contributed by atoms with van der Waals surface area (Å²) in [5, 5.41) is 19.5. The molecule has 5 aliphatic carbocycles. The Balaban J connectivity index is 1.14. The smallest absolute Gasteiger partial charge is 0.339 e. The van der Waals surface area contributed by atoms with E-state index in [-0.39, 0.29) is 55.4 Å². The van der Waals surface area contributed by atoms with Gasteiger partial charge in [0.1, 0.15) is 6.10 Å². The van der Waals surface area contributed by atoms with Gasteiger partial charge in [-0.1, -0.05) is 71.0 Å². The molecule has 5 fully saturated rings. The highest BCUT2D eigenvalue weighted by molar-refractivity contribution is 6.03. The first-order valence-corrected chi connectivity index (χ1v) is 20.1. The Morgan fingerprint density at radius 1 is 0.685 bits per heavy atom. The van der Waals surface area contributed by atoms with Gasteiger partial charge in [-0.05, 0) is 141 Å². The minimum atomic E-state index is -1.14. The molecule has 10 atom stereocenters. The lowest BCUT2D eigenvalue weighted by molar-refractivity contribution is -0.249. The number of aromatic carboxylic acids is 2. The van der Waals surface area contributed by atoms with E-state index in [4.69, 9.17) is 9.47 Å². The number of benzene rings is 2. The van der Waals surface area contributed by atoms with E-state index in [1.54, 1.807) is 36.4 Å². The van der Waals surface area contributed by atoms with Crippen molar-refractivity contribution in [3.05, 3.63) is 82.9 Å². The van der Waals surface area contributed by atoms with Gasteiger partial charge in [0.15, 0.2) is 0 Å². The number of fused-ring (bicyclic) bond motifs is 7. The van der Waals surface area contributed by atoms with E-state index in [9.17, 15) is 29.4 Å². The summed E-state index contributed by atoms with van der Waals surface area (Å²) in [5.41, 5.74) is 1.09. The lowest BCUT2D eigenvalue weighted by Gasteiger charge is -2.73. The molecule has 2 aromatic rings. The Morgan fingerprint density at radius 2 is 1.28 bits per heavy atom. The van der Waals surface area contributed by atoms with Crippen molar-refractivity contribution in [1.29, 1.82) is 0 Å². The normalized spacial score (nSPS) is 37.7. The van der Waals surface area contributed by atoms with E-state index in [1.165, 1.54) is 17.7 Å². The number of allylic oxidation sites excluding steroid dienone is 1. The van der Waals surface area contributed by atoms with Gasteiger partial charge >= 0.3 is 23.9 Å². The minimum Gasteiger partial charge on any atom is -0.478 e. The van der Waals surface area contributed by atoms with E-state index in [2.05, 4.69) is 48.1 Å². The fraction of sp³-hybridized carbons (Fsp3) is 0.609. The molecule has 290 valence electrons. The van der Waals surface area contributed by atoms with Gasteiger partial charge in [-0.3, -0.25) is 0 Å². The lowest BCUT2D eigenvalue weighted by Crippen LogP contribution is -2.67. The number of carboxylic acid groups (broad SMARTS) is 2. The molecule has 0 amide bonds. The molecule has 0 bridgehead atoms. The lowest BCUT2D eigenvalue weighted by atomic mass is 9.32. The fourth-order valence-electron chi connectivity index (χ4n) is 13.9. The highest BCUT2D eigenvalue weighted by atomic mass is 16.5. The molecule has 2 aromatic carbocycles. The molecular weight excluding hydrogens is 680 g/mol. The van der Waals surface area contributed by atoms with Crippen LogP contribution in [0.25, 0.3) is 0 Å². The van der Waals surface area contributed by atoms with Crippen LogP contribution in [0.3, 0.4) is 0 Å². The maximum Gasteiger partial charge on any atom is 0.339 e. The van der Waals surface area contributed by atoms with Gasteiger partial charge in [0, 0.05) is 10.8 Å². The van der Waals surface area contributed by atoms with Gasteiger partial charge in [-0.15, -0.1) is 0 Å². The van der Waals surface area contributed by atoms with E-state index in [0.29, 0.717) is 36.2 Å². The van der Waals surface area contributed by atoms with Gasteiger partial charge < -0.3 is 19.7 Å². The summed E-state index contributed by atoms with van der Waals surface area (Å²) in [4.78, 5) is 50.7. The van der Waals surface area contributed by atoms with E-state index < -0.39 is 23.9 Å². The predicted molar refractivity (Wildman–Crippen MR) is 205 cm³/mol. The first kappa shape index (κ1) is 38.3. The Hall–Kier alpha value is -3.94. The van der Waals surface area contributed by atoms with Gasteiger partial charge in [-0.2, -0.15) is 0 Å². The molecule has 0 radical (unpaired) electrons. The Labute approximate surface area is 320 Å². The van der Waals surface area contributed by atoms with Crippen LogP contribution < -0.4 is 0 Å². The Kier molecular flexibility index (Phi) is 9.49. The van der Waals surface area contributed by atoms with Crippen LogP contribution in [0.1, 0.15) is 147 Å². The van der Waals surface area contributed by atoms with Crippen LogP contribution >= 0.6 is 0 Å². The van der Waals surface area contributed by atoms with Crippen molar-refractivity contribution in [2.45, 2.75) is 112 Å². The highest BCUT2D eigenvalue weighted by Gasteiger charge is 2.71. The highest BCUT2D eigenvalue weighted by Crippen LogP contribution is 2.77. The molecule has 7 rings (SSSR count). The number of ether oxygens (including phenoxy) is 2. The standard InChI is InChI=1S/C46H58O8/c1-27(2)28-18-23-46(26-53-40(51)31-14-10-8-12-29(31)38(47)48)25-24-44(6)33(37(28)46)16-17-35-43(5)21-20-36(42(3,4)34(43)19-22-45(35,44)7)54-41(52)32-15-11-9-13-30(32)39(49)50/h8-15,28,33-37H,1,16-26H2,2-7H3,(H,47,48)(H,49,50)/t28-,33+,34+,35+,36-,37+,43-,44-,45+,46+/m0/s1. The first-order valence-electron chi connectivity index (χ1n) is 20.1. The summed E-state index contributed by atoms with van der Waals surface area (Å²) in [6.07, 6.45) is 9.77. The number of rotatable bonds is 8. The summed E-state index contributed by atoms with van der Waals surface area (Å²) >= 11 is 0.